The largest absolute Gasteiger partial charge is 0.390 e. The molecule has 0 amide bonds. The van der Waals surface area contributed by atoms with Crippen molar-refractivity contribution in [2.75, 3.05) is 6.61 Å². The summed E-state index contributed by atoms with van der Waals surface area (Å²) >= 11 is 0. The van der Waals surface area contributed by atoms with E-state index in [0.29, 0.717) is 6.42 Å². The lowest BCUT2D eigenvalue weighted by molar-refractivity contribution is -0.157. The lowest BCUT2D eigenvalue weighted by Gasteiger charge is -2.32. The Morgan fingerprint density at radius 2 is 1.86 bits per heavy atom. The average molecular weight is 315 g/mol. The Kier molecular flexibility index (Phi) is 5.63. The minimum absolute atomic E-state index is 0.0487. The number of hydrogen-bond donors (Lipinski definition) is 3. The molecule has 22 heavy (non-hydrogen) atoms. The molecule has 1 fully saturated rings. The second kappa shape index (κ2) is 6.95. The van der Waals surface area contributed by atoms with E-state index >= 15 is 0 Å². The van der Waals surface area contributed by atoms with Crippen molar-refractivity contribution in [2.24, 2.45) is 11.7 Å². The van der Waals surface area contributed by atoms with Gasteiger partial charge in [-0.2, -0.15) is 0 Å². The molecule has 0 radical (unpaired) electrons. The van der Waals surface area contributed by atoms with Crippen molar-refractivity contribution >= 4 is 0 Å². The number of hydrogen-bond acceptors (Lipinski definition) is 6. The molecule has 6 heteroatoms. The molecular weight excluding hydrogens is 286 g/mol. The van der Waals surface area contributed by atoms with Crippen LogP contribution in [0.15, 0.2) is 12.2 Å². The maximum Gasteiger partial charge on any atom is 0.163 e. The third kappa shape index (κ3) is 3.88. The van der Waals surface area contributed by atoms with Crippen LogP contribution < -0.4 is 5.73 Å². The van der Waals surface area contributed by atoms with Gasteiger partial charge in [-0.05, 0) is 20.3 Å². The zero-order valence-electron chi connectivity index (χ0n) is 13.8. The molecule has 0 spiro atoms. The Bertz CT molecular complexity index is 400. The standard InChI is InChI=1S/C16H29NO5/c1-5-11(18)13(19)10(17)8-20-12-7-6-9(2)14-15(12)22-16(3,4)21-14/h6-7,9-15,18-19H,5,8,17H2,1-4H3/t9-,10-,11+,12?,13-,14-,15-/m0/s1. The van der Waals surface area contributed by atoms with Crippen LogP contribution in [-0.4, -0.2) is 59.2 Å². The summed E-state index contributed by atoms with van der Waals surface area (Å²) < 4.78 is 17.7. The van der Waals surface area contributed by atoms with E-state index in [-0.39, 0.29) is 30.8 Å². The maximum absolute atomic E-state index is 9.90. The van der Waals surface area contributed by atoms with Crippen LogP contribution >= 0.6 is 0 Å². The molecule has 1 unspecified atom stereocenters. The van der Waals surface area contributed by atoms with E-state index in [4.69, 9.17) is 19.9 Å². The highest BCUT2D eigenvalue weighted by atomic mass is 16.8. The van der Waals surface area contributed by atoms with Gasteiger partial charge in [-0.25, -0.2) is 0 Å². The van der Waals surface area contributed by atoms with Crippen LogP contribution in [0.3, 0.4) is 0 Å². The van der Waals surface area contributed by atoms with Crippen molar-refractivity contribution in [1.82, 2.24) is 0 Å². The second-order valence-corrected chi connectivity index (χ2v) is 6.74. The molecule has 1 saturated heterocycles. The van der Waals surface area contributed by atoms with E-state index in [0.717, 1.165) is 0 Å². The molecule has 0 saturated carbocycles. The van der Waals surface area contributed by atoms with Gasteiger partial charge >= 0.3 is 0 Å². The van der Waals surface area contributed by atoms with E-state index < -0.39 is 24.0 Å². The first-order valence-electron chi connectivity index (χ1n) is 8.02. The van der Waals surface area contributed by atoms with Crippen LogP contribution in [0.4, 0.5) is 0 Å². The number of aliphatic hydroxyl groups excluding tert-OH is 2. The van der Waals surface area contributed by atoms with Crippen molar-refractivity contribution < 1.29 is 24.4 Å². The quantitative estimate of drug-likeness (QED) is 0.620. The monoisotopic (exact) mass is 315 g/mol. The number of ether oxygens (including phenoxy) is 3. The third-order valence-electron chi connectivity index (χ3n) is 4.34. The Morgan fingerprint density at radius 1 is 1.23 bits per heavy atom. The van der Waals surface area contributed by atoms with Gasteiger partial charge in [0.1, 0.15) is 12.2 Å². The Balaban J connectivity index is 1.94. The first-order chi connectivity index (χ1) is 10.2. The van der Waals surface area contributed by atoms with Gasteiger partial charge in [0.15, 0.2) is 5.79 Å². The molecule has 6 nitrogen and oxygen atoms in total. The summed E-state index contributed by atoms with van der Waals surface area (Å²) in [5.74, 6) is -0.370. The fourth-order valence-electron chi connectivity index (χ4n) is 2.98. The molecule has 0 aromatic carbocycles. The fourth-order valence-corrected chi connectivity index (χ4v) is 2.98. The van der Waals surface area contributed by atoms with Crippen molar-refractivity contribution in [1.29, 1.82) is 0 Å². The van der Waals surface area contributed by atoms with Crippen LogP contribution in [0.5, 0.6) is 0 Å². The fraction of sp³-hybridized carbons (Fsp3) is 0.875. The molecule has 128 valence electrons. The highest BCUT2D eigenvalue weighted by molar-refractivity contribution is 5.10. The maximum atomic E-state index is 9.90. The van der Waals surface area contributed by atoms with Crippen molar-refractivity contribution in [3.8, 4) is 0 Å². The highest BCUT2D eigenvalue weighted by Gasteiger charge is 2.48. The highest BCUT2D eigenvalue weighted by Crippen LogP contribution is 2.37. The van der Waals surface area contributed by atoms with Crippen LogP contribution in [0.2, 0.25) is 0 Å². The predicted octanol–water partition coefficient (Wildman–Crippen LogP) is 0.557. The predicted molar refractivity (Wildman–Crippen MR) is 82.1 cm³/mol. The van der Waals surface area contributed by atoms with Gasteiger partial charge in [-0.15, -0.1) is 0 Å². The van der Waals surface area contributed by atoms with Gasteiger partial charge in [0.25, 0.3) is 0 Å². The van der Waals surface area contributed by atoms with Crippen LogP contribution in [0, 0.1) is 5.92 Å². The van der Waals surface area contributed by atoms with Crippen LogP contribution in [0.1, 0.15) is 34.1 Å². The zero-order chi connectivity index (χ0) is 16.5. The van der Waals surface area contributed by atoms with E-state index in [1.807, 2.05) is 19.9 Å². The molecule has 0 bridgehead atoms. The van der Waals surface area contributed by atoms with E-state index in [9.17, 15) is 10.2 Å². The lowest BCUT2D eigenvalue weighted by Crippen LogP contribution is -2.48. The Hall–Kier alpha value is -0.500. The normalized spacial score (nSPS) is 37.6. The Labute approximate surface area is 132 Å². The average Bonchev–Trinajstić information content (AvgIpc) is 2.81. The summed E-state index contributed by atoms with van der Waals surface area (Å²) in [6.07, 6.45) is 2.14. The van der Waals surface area contributed by atoms with Crippen LogP contribution in [-0.2, 0) is 14.2 Å². The van der Waals surface area contributed by atoms with Crippen molar-refractivity contribution in [3.05, 3.63) is 12.2 Å². The molecule has 0 aromatic heterocycles. The summed E-state index contributed by atoms with van der Waals surface area (Å²) in [5, 5.41) is 19.5. The molecule has 1 heterocycles. The van der Waals surface area contributed by atoms with Crippen molar-refractivity contribution in [2.45, 2.75) is 76.5 Å². The topological polar surface area (TPSA) is 94.2 Å². The van der Waals surface area contributed by atoms with Gasteiger partial charge in [0, 0.05) is 5.92 Å². The molecular formula is C16H29NO5. The minimum Gasteiger partial charge on any atom is -0.390 e. The van der Waals surface area contributed by atoms with Crippen LogP contribution in [0.25, 0.3) is 0 Å². The summed E-state index contributed by atoms with van der Waals surface area (Å²) in [6, 6.07) is -0.642. The molecule has 0 aromatic rings. The number of rotatable bonds is 6. The summed E-state index contributed by atoms with van der Waals surface area (Å²) in [4.78, 5) is 0. The van der Waals surface area contributed by atoms with Gasteiger partial charge in [0.05, 0.1) is 31.0 Å². The molecule has 1 aliphatic heterocycles. The lowest BCUT2D eigenvalue weighted by atomic mass is 9.90. The second-order valence-electron chi connectivity index (χ2n) is 6.74. The number of nitrogens with two attached hydrogens (primary N) is 1. The first kappa shape index (κ1) is 17.8. The Morgan fingerprint density at radius 3 is 2.50 bits per heavy atom. The van der Waals surface area contributed by atoms with Gasteiger partial charge in [0.2, 0.25) is 0 Å². The first-order valence-corrected chi connectivity index (χ1v) is 8.02. The molecule has 2 aliphatic rings. The SMILES string of the molecule is CC[C@@H](O)[C@@H](O)[C@@H](N)COC1C=C[C@H](C)[C@@H]2OC(C)(C)O[C@@H]12. The molecule has 1 aliphatic carbocycles. The van der Waals surface area contributed by atoms with E-state index in [1.165, 1.54) is 0 Å². The summed E-state index contributed by atoms with van der Waals surface area (Å²) in [5.41, 5.74) is 5.90. The summed E-state index contributed by atoms with van der Waals surface area (Å²) in [6.45, 7) is 7.81. The van der Waals surface area contributed by atoms with Gasteiger partial charge < -0.3 is 30.2 Å². The van der Waals surface area contributed by atoms with Gasteiger partial charge in [-0.1, -0.05) is 26.0 Å². The van der Waals surface area contributed by atoms with E-state index in [2.05, 4.69) is 13.0 Å². The molecule has 7 atom stereocenters. The number of fused-ring (bicyclic) bond motifs is 1. The van der Waals surface area contributed by atoms with Crippen molar-refractivity contribution in [3.63, 3.8) is 0 Å². The summed E-state index contributed by atoms with van der Waals surface area (Å²) in [7, 11) is 0. The molecule has 2 rings (SSSR count). The smallest absolute Gasteiger partial charge is 0.163 e. The van der Waals surface area contributed by atoms with E-state index in [1.54, 1.807) is 6.92 Å². The van der Waals surface area contributed by atoms with Gasteiger partial charge in [-0.3, -0.25) is 0 Å². The molecule has 4 N–H and O–H groups in total. The third-order valence-corrected chi connectivity index (χ3v) is 4.34. The number of aliphatic hydroxyl groups is 2. The minimum atomic E-state index is -0.996. The zero-order valence-corrected chi connectivity index (χ0v) is 13.8.